The molecule has 0 saturated carbocycles. The van der Waals surface area contributed by atoms with Crippen molar-refractivity contribution in [1.82, 2.24) is 9.80 Å². The van der Waals surface area contributed by atoms with Gasteiger partial charge >= 0.3 is 0 Å². The highest BCUT2D eigenvalue weighted by Crippen LogP contribution is 2.15. The quantitative estimate of drug-likeness (QED) is 0.411. The van der Waals surface area contributed by atoms with Crippen LogP contribution < -0.4 is 0 Å². The van der Waals surface area contributed by atoms with Crippen LogP contribution in [0.15, 0.2) is 0 Å². The summed E-state index contributed by atoms with van der Waals surface area (Å²) in [4.78, 5) is 5.07. The van der Waals surface area contributed by atoms with Crippen molar-refractivity contribution in [3.8, 4) is 0 Å². The second kappa shape index (κ2) is 4.24. The largest absolute Gasteiger partial charge is 0.296 e. The first-order chi connectivity index (χ1) is 5.54. The first-order valence-corrected chi connectivity index (χ1v) is 6.10. The van der Waals surface area contributed by atoms with Crippen molar-refractivity contribution in [2.75, 3.05) is 30.7 Å². The van der Waals surface area contributed by atoms with Gasteiger partial charge in [-0.3, -0.25) is 9.80 Å². The topological polar surface area (TPSA) is 6.48 Å². The van der Waals surface area contributed by atoms with Gasteiger partial charge in [-0.2, -0.15) is 0 Å². The summed E-state index contributed by atoms with van der Waals surface area (Å²) in [6.45, 7) is 11.8. The summed E-state index contributed by atoms with van der Waals surface area (Å²) in [7, 11) is 0. The van der Waals surface area contributed by atoms with Gasteiger partial charge in [0.05, 0.1) is 4.55 Å². The molecule has 1 saturated heterocycles. The highest BCUT2D eigenvalue weighted by atomic mass is 127. The molecule has 0 aromatic heterocycles. The summed E-state index contributed by atoms with van der Waals surface area (Å²) < 4.78 is 1.18. The van der Waals surface area contributed by atoms with Crippen LogP contribution in [0.5, 0.6) is 0 Å². The number of nitrogens with zero attached hydrogens (tertiary/aromatic N) is 2. The lowest BCUT2D eigenvalue weighted by molar-refractivity contribution is 0.0723. The predicted octanol–water partition coefficient (Wildman–Crippen LogP) is 1.79. The Bertz CT molecular complexity index is 134. The van der Waals surface area contributed by atoms with Crippen LogP contribution in [-0.2, 0) is 0 Å². The molecule has 3 heteroatoms. The van der Waals surface area contributed by atoms with Gasteiger partial charge in [-0.05, 0) is 20.8 Å². The minimum atomic E-state index is 0.358. The third kappa shape index (κ3) is 2.85. The molecule has 0 aliphatic carbocycles. The zero-order chi connectivity index (χ0) is 9.19. The standard InChI is InChI=1S/C9H19IN2/c1-9(2,3)12-6-4-11(8-10)5-7-12/h4-8H2,1-3H3. The molecule has 0 bridgehead atoms. The number of alkyl halides is 1. The van der Waals surface area contributed by atoms with Gasteiger partial charge in [0, 0.05) is 31.7 Å². The lowest BCUT2D eigenvalue weighted by Gasteiger charge is -2.41. The van der Waals surface area contributed by atoms with Crippen molar-refractivity contribution < 1.29 is 0 Å². The third-order valence-electron chi connectivity index (χ3n) is 2.49. The molecule has 72 valence electrons. The molecule has 1 heterocycles. The SMILES string of the molecule is CC(C)(C)N1CCN(CI)CC1. The number of halogens is 1. The van der Waals surface area contributed by atoms with E-state index in [1.807, 2.05) is 0 Å². The molecule has 2 nitrogen and oxygen atoms in total. The number of piperazine rings is 1. The average molecular weight is 282 g/mol. The van der Waals surface area contributed by atoms with Gasteiger partial charge in [0.2, 0.25) is 0 Å². The Labute approximate surface area is 89.4 Å². The first-order valence-electron chi connectivity index (χ1n) is 4.57. The van der Waals surface area contributed by atoms with Gasteiger partial charge in [-0.15, -0.1) is 0 Å². The Balaban J connectivity index is 2.36. The van der Waals surface area contributed by atoms with Gasteiger partial charge < -0.3 is 0 Å². The van der Waals surface area contributed by atoms with E-state index in [2.05, 4.69) is 53.2 Å². The van der Waals surface area contributed by atoms with Crippen molar-refractivity contribution in [3.63, 3.8) is 0 Å². The molecule has 0 radical (unpaired) electrons. The molecular weight excluding hydrogens is 263 g/mol. The van der Waals surface area contributed by atoms with E-state index < -0.39 is 0 Å². The molecule has 0 unspecified atom stereocenters. The average Bonchev–Trinajstić information content (AvgIpc) is 2.03. The Morgan fingerprint density at radius 1 is 1.08 bits per heavy atom. The van der Waals surface area contributed by atoms with Gasteiger partial charge in [0.15, 0.2) is 0 Å². The van der Waals surface area contributed by atoms with Gasteiger partial charge in [-0.25, -0.2) is 0 Å². The molecular formula is C9H19IN2. The fourth-order valence-electron chi connectivity index (χ4n) is 1.54. The van der Waals surface area contributed by atoms with E-state index in [0.29, 0.717) is 5.54 Å². The highest BCUT2D eigenvalue weighted by molar-refractivity contribution is 14.1. The Kier molecular flexibility index (Phi) is 3.79. The Morgan fingerprint density at radius 2 is 1.58 bits per heavy atom. The summed E-state index contributed by atoms with van der Waals surface area (Å²) in [6, 6.07) is 0. The van der Waals surface area contributed by atoms with Crippen molar-refractivity contribution in [1.29, 1.82) is 0 Å². The van der Waals surface area contributed by atoms with E-state index in [1.165, 1.54) is 30.7 Å². The van der Waals surface area contributed by atoms with Crippen molar-refractivity contribution >= 4 is 22.6 Å². The molecule has 0 aromatic rings. The second-order valence-electron chi connectivity index (χ2n) is 4.40. The van der Waals surface area contributed by atoms with Crippen LogP contribution in [0.1, 0.15) is 20.8 Å². The van der Waals surface area contributed by atoms with Gasteiger partial charge in [0.1, 0.15) is 0 Å². The molecule has 0 amide bonds. The van der Waals surface area contributed by atoms with Crippen LogP contribution in [0.4, 0.5) is 0 Å². The molecule has 0 spiro atoms. The van der Waals surface area contributed by atoms with Crippen LogP contribution in [0.3, 0.4) is 0 Å². The smallest absolute Gasteiger partial charge is 0.0506 e. The normalized spacial score (nSPS) is 23.0. The van der Waals surface area contributed by atoms with E-state index in [4.69, 9.17) is 0 Å². The third-order valence-corrected chi connectivity index (χ3v) is 3.45. The highest BCUT2D eigenvalue weighted by Gasteiger charge is 2.24. The lowest BCUT2D eigenvalue weighted by atomic mass is 10.1. The zero-order valence-corrected chi connectivity index (χ0v) is 10.5. The molecule has 0 N–H and O–H groups in total. The van der Waals surface area contributed by atoms with Crippen molar-refractivity contribution in [2.45, 2.75) is 26.3 Å². The molecule has 1 rings (SSSR count). The van der Waals surface area contributed by atoms with E-state index in [9.17, 15) is 0 Å². The van der Waals surface area contributed by atoms with E-state index in [-0.39, 0.29) is 0 Å². The summed E-state index contributed by atoms with van der Waals surface area (Å²) in [6.07, 6.45) is 0. The lowest BCUT2D eigenvalue weighted by Crippen LogP contribution is -2.52. The molecule has 1 aliphatic heterocycles. The zero-order valence-electron chi connectivity index (χ0n) is 8.31. The van der Waals surface area contributed by atoms with Crippen LogP contribution in [-0.4, -0.2) is 46.1 Å². The summed E-state index contributed by atoms with van der Waals surface area (Å²) >= 11 is 2.44. The van der Waals surface area contributed by atoms with Crippen molar-refractivity contribution in [3.05, 3.63) is 0 Å². The Hall–Kier alpha value is 0.650. The van der Waals surface area contributed by atoms with E-state index >= 15 is 0 Å². The van der Waals surface area contributed by atoms with Crippen LogP contribution in [0.2, 0.25) is 0 Å². The maximum Gasteiger partial charge on any atom is 0.0506 e. The minimum Gasteiger partial charge on any atom is -0.296 e. The molecule has 1 aliphatic rings. The second-order valence-corrected chi connectivity index (χ2v) is 5.08. The molecule has 0 atom stereocenters. The van der Waals surface area contributed by atoms with Crippen LogP contribution in [0.25, 0.3) is 0 Å². The molecule has 0 aromatic carbocycles. The predicted molar refractivity (Wildman–Crippen MR) is 61.8 cm³/mol. The van der Waals surface area contributed by atoms with Gasteiger partial charge in [-0.1, -0.05) is 22.6 Å². The van der Waals surface area contributed by atoms with E-state index in [1.54, 1.807) is 0 Å². The molecule has 1 fully saturated rings. The summed E-state index contributed by atoms with van der Waals surface area (Å²) in [5.74, 6) is 0. The monoisotopic (exact) mass is 282 g/mol. The first kappa shape index (κ1) is 10.7. The summed E-state index contributed by atoms with van der Waals surface area (Å²) in [5.41, 5.74) is 0.358. The number of hydrogen-bond donors (Lipinski definition) is 0. The maximum atomic E-state index is 2.57. The van der Waals surface area contributed by atoms with Crippen molar-refractivity contribution in [2.24, 2.45) is 0 Å². The van der Waals surface area contributed by atoms with Gasteiger partial charge in [0.25, 0.3) is 0 Å². The Morgan fingerprint density at radius 3 is 1.92 bits per heavy atom. The fourth-order valence-corrected chi connectivity index (χ4v) is 2.22. The van der Waals surface area contributed by atoms with Crippen LogP contribution >= 0.6 is 22.6 Å². The van der Waals surface area contributed by atoms with E-state index in [0.717, 1.165) is 0 Å². The maximum absolute atomic E-state index is 2.57. The number of rotatable bonds is 1. The minimum absolute atomic E-state index is 0.358. The summed E-state index contributed by atoms with van der Waals surface area (Å²) in [5, 5.41) is 0. The van der Waals surface area contributed by atoms with Crippen LogP contribution in [0, 0.1) is 0 Å². The fraction of sp³-hybridized carbons (Fsp3) is 1.00. The molecule has 12 heavy (non-hydrogen) atoms. The number of hydrogen-bond acceptors (Lipinski definition) is 2.